The van der Waals surface area contributed by atoms with Crippen LogP contribution in [0.5, 0.6) is 5.75 Å². The summed E-state index contributed by atoms with van der Waals surface area (Å²) in [6.45, 7) is 3.17. The van der Waals surface area contributed by atoms with E-state index in [1.54, 1.807) is 16.2 Å². The molecule has 3 rings (SSSR count). The van der Waals surface area contributed by atoms with Gasteiger partial charge in [-0.15, -0.1) is 21.5 Å². The highest BCUT2D eigenvalue weighted by atomic mass is 32.2. The highest BCUT2D eigenvalue weighted by molar-refractivity contribution is 8.01. The van der Waals surface area contributed by atoms with Gasteiger partial charge < -0.3 is 15.0 Å². The molecule has 0 radical (unpaired) electrons. The van der Waals surface area contributed by atoms with Crippen molar-refractivity contribution in [2.45, 2.75) is 17.8 Å². The highest BCUT2D eigenvalue weighted by Gasteiger charge is 2.13. The zero-order chi connectivity index (χ0) is 19.1. The van der Waals surface area contributed by atoms with Gasteiger partial charge in [0, 0.05) is 11.9 Å². The Balaban J connectivity index is 1.53. The number of thiophene rings is 1. The lowest BCUT2D eigenvalue weighted by atomic mass is 10.3. The second-order valence-corrected chi connectivity index (χ2v) is 8.78. The number of benzene rings is 1. The molecule has 6 nitrogen and oxygen atoms in total. The standard InChI is InChI=1S/C18H20N4O2S3/c1-3-24-15-9-5-4-8-14(15)19-17-20-21-18(27-17)26-12-16(23)22(2)11-13-7-6-10-25-13/h4-10H,3,11-12H2,1-2H3,(H,19,20). The molecule has 2 heterocycles. The Morgan fingerprint density at radius 1 is 1.26 bits per heavy atom. The number of anilines is 2. The van der Waals surface area contributed by atoms with Gasteiger partial charge in [0.1, 0.15) is 5.75 Å². The maximum absolute atomic E-state index is 12.3. The van der Waals surface area contributed by atoms with Crippen molar-refractivity contribution in [1.29, 1.82) is 0 Å². The van der Waals surface area contributed by atoms with Crippen LogP contribution in [0, 0.1) is 0 Å². The number of hydrogen-bond acceptors (Lipinski definition) is 8. The van der Waals surface area contributed by atoms with E-state index < -0.39 is 0 Å². The van der Waals surface area contributed by atoms with E-state index in [1.165, 1.54) is 28.0 Å². The molecule has 0 saturated heterocycles. The molecule has 1 aromatic carbocycles. The molecule has 0 aliphatic carbocycles. The number of ether oxygens (including phenoxy) is 1. The number of thioether (sulfide) groups is 1. The van der Waals surface area contributed by atoms with Gasteiger partial charge in [0.25, 0.3) is 0 Å². The summed E-state index contributed by atoms with van der Waals surface area (Å²) in [7, 11) is 1.82. The molecule has 0 unspecified atom stereocenters. The normalized spacial score (nSPS) is 10.6. The van der Waals surface area contributed by atoms with Crippen LogP contribution in [0.2, 0.25) is 0 Å². The topological polar surface area (TPSA) is 67.3 Å². The number of hydrogen-bond donors (Lipinski definition) is 1. The Kier molecular flexibility index (Phi) is 7.08. The highest BCUT2D eigenvalue weighted by Crippen LogP contribution is 2.31. The monoisotopic (exact) mass is 420 g/mol. The minimum atomic E-state index is 0.0693. The van der Waals surface area contributed by atoms with Crippen molar-refractivity contribution in [1.82, 2.24) is 15.1 Å². The van der Waals surface area contributed by atoms with Gasteiger partial charge in [0.2, 0.25) is 11.0 Å². The SMILES string of the molecule is CCOc1ccccc1Nc1nnc(SCC(=O)N(C)Cc2cccs2)s1. The van der Waals surface area contributed by atoms with Crippen molar-refractivity contribution in [3.63, 3.8) is 0 Å². The van der Waals surface area contributed by atoms with E-state index in [0.717, 1.165) is 15.8 Å². The third kappa shape index (κ3) is 5.69. The Morgan fingerprint density at radius 2 is 2.11 bits per heavy atom. The average molecular weight is 421 g/mol. The number of amides is 1. The van der Waals surface area contributed by atoms with Crippen LogP contribution in [0.15, 0.2) is 46.1 Å². The number of carbonyl (C=O) groups is 1. The molecule has 27 heavy (non-hydrogen) atoms. The molecule has 0 atom stereocenters. The van der Waals surface area contributed by atoms with E-state index in [9.17, 15) is 4.79 Å². The van der Waals surface area contributed by atoms with E-state index in [2.05, 4.69) is 15.5 Å². The maximum atomic E-state index is 12.3. The van der Waals surface area contributed by atoms with Gasteiger partial charge in [-0.2, -0.15) is 0 Å². The summed E-state index contributed by atoms with van der Waals surface area (Å²) in [5, 5.41) is 14.2. The number of para-hydroxylation sites is 2. The van der Waals surface area contributed by atoms with Crippen LogP contribution >= 0.6 is 34.4 Å². The van der Waals surface area contributed by atoms with E-state index in [0.29, 0.717) is 24.0 Å². The molecule has 2 aromatic heterocycles. The van der Waals surface area contributed by atoms with Gasteiger partial charge in [0.05, 0.1) is 24.6 Å². The Morgan fingerprint density at radius 3 is 2.89 bits per heavy atom. The molecule has 0 fully saturated rings. The van der Waals surface area contributed by atoms with E-state index in [4.69, 9.17) is 4.74 Å². The van der Waals surface area contributed by atoms with Crippen LogP contribution in [0.4, 0.5) is 10.8 Å². The van der Waals surface area contributed by atoms with Crippen molar-refractivity contribution in [2.24, 2.45) is 0 Å². The lowest BCUT2D eigenvalue weighted by molar-refractivity contribution is -0.127. The van der Waals surface area contributed by atoms with Crippen molar-refractivity contribution >= 4 is 51.2 Å². The lowest BCUT2D eigenvalue weighted by Crippen LogP contribution is -2.27. The fourth-order valence-electron chi connectivity index (χ4n) is 2.24. The minimum Gasteiger partial charge on any atom is -0.492 e. The first-order valence-electron chi connectivity index (χ1n) is 8.37. The molecule has 0 bridgehead atoms. The van der Waals surface area contributed by atoms with Gasteiger partial charge in [-0.05, 0) is 30.5 Å². The minimum absolute atomic E-state index is 0.0693. The zero-order valence-electron chi connectivity index (χ0n) is 15.0. The van der Waals surface area contributed by atoms with Gasteiger partial charge >= 0.3 is 0 Å². The fourth-order valence-corrected chi connectivity index (χ4v) is 4.71. The van der Waals surface area contributed by atoms with Gasteiger partial charge in [-0.3, -0.25) is 4.79 Å². The molecule has 3 aromatic rings. The second kappa shape index (κ2) is 9.72. The number of rotatable bonds is 9. The number of carbonyl (C=O) groups excluding carboxylic acids is 1. The molecule has 0 spiro atoms. The van der Waals surface area contributed by atoms with Crippen molar-refractivity contribution in [3.05, 3.63) is 46.7 Å². The molecule has 1 N–H and O–H groups in total. The van der Waals surface area contributed by atoms with Crippen molar-refractivity contribution in [3.8, 4) is 5.75 Å². The summed E-state index contributed by atoms with van der Waals surface area (Å²) in [4.78, 5) is 15.2. The van der Waals surface area contributed by atoms with Crippen LogP contribution in [0.1, 0.15) is 11.8 Å². The zero-order valence-corrected chi connectivity index (χ0v) is 17.5. The summed E-state index contributed by atoms with van der Waals surface area (Å²) in [6.07, 6.45) is 0. The average Bonchev–Trinajstić information content (AvgIpc) is 3.33. The third-order valence-electron chi connectivity index (χ3n) is 3.55. The molecule has 0 aliphatic heterocycles. The molecule has 0 aliphatic rings. The summed E-state index contributed by atoms with van der Waals surface area (Å²) in [6, 6.07) is 11.7. The molecule has 1 amide bonds. The summed E-state index contributed by atoms with van der Waals surface area (Å²) in [5.41, 5.74) is 0.846. The maximum Gasteiger partial charge on any atom is 0.233 e. The number of nitrogens with zero attached hydrogens (tertiary/aromatic N) is 3. The first-order valence-corrected chi connectivity index (χ1v) is 11.1. The van der Waals surface area contributed by atoms with Gasteiger partial charge in [-0.1, -0.05) is 41.3 Å². The molecular weight excluding hydrogens is 400 g/mol. The largest absolute Gasteiger partial charge is 0.492 e. The first-order chi connectivity index (χ1) is 13.2. The predicted octanol–water partition coefficient (Wildman–Crippen LogP) is 4.49. The second-order valence-electron chi connectivity index (χ2n) is 5.55. The van der Waals surface area contributed by atoms with Crippen molar-refractivity contribution < 1.29 is 9.53 Å². The van der Waals surface area contributed by atoms with Crippen molar-refractivity contribution in [2.75, 3.05) is 24.7 Å². The lowest BCUT2D eigenvalue weighted by Gasteiger charge is -2.15. The number of nitrogens with one attached hydrogen (secondary N) is 1. The molecule has 142 valence electrons. The van der Waals surface area contributed by atoms with E-state index >= 15 is 0 Å². The van der Waals surface area contributed by atoms with Crippen LogP contribution in [-0.4, -0.2) is 40.4 Å². The Bertz CT molecular complexity index is 867. The van der Waals surface area contributed by atoms with Gasteiger partial charge in [0.15, 0.2) is 4.34 Å². The summed E-state index contributed by atoms with van der Waals surface area (Å²) < 4.78 is 6.36. The van der Waals surface area contributed by atoms with Crippen LogP contribution in [-0.2, 0) is 11.3 Å². The van der Waals surface area contributed by atoms with E-state index in [1.807, 2.05) is 55.7 Å². The quantitative estimate of drug-likeness (QED) is 0.514. The smallest absolute Gasteiger partial charge is 0.233 e. The Labute approximate surface area is 170 Å². The summed E-state index contributed by atoms with van der Waals surface area (Å²) >= 11 is 4.47. The molecule has 0 saturated carbocycles. The van der Waals surface area contributed by atoms with Crippen LogP contribution < -0.4 is 10.1 Å². The Hall–Kier alpha value is -2.10. The molecular formula is C18H20N4O2S3. The summed E-state index contributed by atoms with van der Waals surface area (Å²) in [5.74, 6) is 1.18. The van der Waals surface area contributed by atoms with Gasteiger partial charge in [-0.25, -0.2) is 0 Å². The third-order valence-corrected chi connectivity index (χ3v) is 6.37. The van der Waals surface area contributed by atoms with Crippen LogP contribution in [0.3, 0.4) is 0 Å². The predicted molar refractivity (Wildman–Crippen MR) is 112 cm³/mol. The molecule has 9 heteroatoms. The van der Waals surface area contributed by atoms with Crippen LogP contribution in [0.25, 0.3) is 0 Å². The van der Waals surface area contributed by atoms with E-state index in [-0.39, 0.29) is 5.91 Å². The number of aromatic nitrogens is 2. The fraction of sp³-hybridized carbons (Fsp3) is 0.278. The first kappa shape index (κ1) is 19.7.